The molecule has 0 bridgehead atoms. The van der Waals surface area contributed by atoms with E-state index in [4.69, 9.17) is 18.9 Å². The van der Waals surface area contributed by atoms with Gasteiger partial charge in [0.2, 0.25) is 0 Å². The number of hydrogen-bond acceptors (Lipinski definition) is 5. The lowest BCUT2D eigenvalue weighted by molar-refractivity contribution is -0.163. The molecule has 0 N–H and O–H groups in total. The number of Topliss-reactive ketones (excluding diaryl/α,β-unsaturated/α-hetero) is 1. The smallest absolute Gasteiger partial charge is 0.192 e. The molecule has 0 aromatic heterocycles. The van der Waals surface area contributed by atoms with Crippen molar-refractivity contribution in [3.63, 3.8) is 0 Å². The fraction of sp³-hybridized carbons (Fsp3) is 0.611. The van der Waals surface area contributed by atoms with Crippen LogP contribution in [0.15, 0.2) is 18.2 Å². The number of carbonyl (C=O) groups excluding carboxylic acids is 1. The van der Waals surface area contributed by atoms with E-state index in [2.05, 4.69) is 0 Å². The van der Waals surface area contributed by atoms with E-state index >= 15 is 0 Å². The topological polar surface area (TPSA) is 54.0 Å². The summed E-state index contributed by atoms with van der Waals surface area (Å²) in [6, 6.07) is 5.62. The van der Waals surface area contributed by atoms with Gasteiger partial charge in [0.1, 0.15) is 11.9 Å². The molecule has 2 aliphatic rings. The van der Waals surface area contributed by atoms with Crippen molar-refractivity contribution in [3.05, 3.63) is 29.3 Å². The van der Waals surface area contributed by atoms with Crippen molar-refractivity contribution in [2.24, 2.45) is 0 Å². The van der Waals surface area contributed by atoms with Crippen molar-refractivity contribution >= 4 is 5.78 Å². The van der Waals surface area contributed by atoms with Gasteiger partial charge in [0.05, 0.1) is 13.2 Å². The first-order valence-electron chi connectivity index (χ1n) is 8.34. The molecule has 0 spiro atoms. The summed E-state index contributed by atoms with van der Waals surface area (Å²) in [7, 11) is 1.57. The van der Waals surface area contributed by atoms with Gasteiger partial charge < -0.3 is 18.9 Å². The standard InChI is InChI=1S/C18H24O5/c1-20-16-12-13-11-14(6-7-15(13)18(16)19)21-9-4-10-23-17-5-2-3-8-22-17/h6-7,11,16-17H,2-5,8-10,12H2,1H3. The Balaban J connectivity index is 1.40. The second kappa shape index (κ2) is 7.90. The summed E-state index contributed by atoms with van der Waals surface area (Å²) in [5.74, 6) is 0.858. The molecule has 2 atom stereocenters. The molecule has 1 aromatic rings. The van der Waals surface area contributed by atoms with Gasteiger partial charge in [0.25, 0.3) is 0 Å². The lowest BCUT2D eigenvalue weighted by atomic mass is 10.1. The van der Waals surface area contributed by atoms with Crippen LogP contribution >= 0.6 is 0 Å². The summed E-state index contributed by atoms with van der Waals surface area (Å²) in [6.07, 6.45) is 4.36. The maximum atomic E-state index is 12.0. The van der Waals surface area contributed by atoms with Gasteiger partial charge >= 0.3 is 0 Å². The maximum Gasteiger partial charge on any atom is 0.192 e. The molecule has 0 saturated carbocycles. The molecule has 3 rings (SSSR count). The van der Waals surface area contributed by atoms with E-state index in [0.717, 1.165) is 42.7 Å². The number of methoxy groups -OCH3 is 1. The summed E-state index contributed by atoms with van der Waals surface area (Å²) in [4.78, 5) is 12.0. The minimum absolute atomic E-state index is 0.0410. The molecule has 1 aliphatic heterocycles. The van der Waals surface area contributed by atoms with Crippen molar-refractivity contribution in [1.29, 1.82) is 0 Å². The van der Waals surface area contributed by atoms with Crippen molar-refractivity contribution in [3.8, 4) is 5.75 Å². The summed E-state index contributed by atoms with van der Waals surface area (Å²) < 4.78 is 22.1. The van der Waals surface area contributed by atoms with Gasteiger partial charge in [-0.2, -0.15) is 0 Å². The van der Waals surface area contributed by atoms with Crippen LogP contribution in [0.2, 0.25) is 0 Å². The van der Waals surface area contributed by atoms with Gasteiger partial charge in [-0.15, -0.1) is 0 Å². The summed E-state index contributed by atoms with van der Waals surface area (Å²) >= 11 is 0. The van der Waals surface area contributed by atoms with Gasteiger partial charge in [0.15, 0.2) is 12.1 Å². The monoisotopic (exact) mass is 320 g/mol. The fourth-order valence-electron chi connectivity index (χ4n) is 3.03. The average Bonchev–Trinajstić information content (AvgIpc) is 2.91. The predicted octanol–water partition coefficient (Wildman–Crippen LogP) is 2.75. The van der Waals surface area contributed by atoms with E-state index < -0.39 is 0 Å². The van der Waals surface area contributed by atoms with Crippen LogP contribution in [0.5, 0.6) is 5.75 Å². The molecule has 1 saturated heterocycles. The first-order valence-corrected chi connectivity index (χ1v) is 8.34. The zero-order valence-corrected chi connectivity index (χ0v) is 13.6. The normalized spacial score (nSPS) is 23.8. The van der Waals surface area contributed by atoms with Crippen LogP contribution in [-0.4, -0.2) is 45.1 Å². The molecule has 1 aromatic carbocycles. The molecule has 126 valence electrons. The van der Waals surface area contributed by atoms with Crippen molar-refractivity contribution in [1.82, 2.24) is 0 Å². The number of ketones is 1. The van der Waals surface area contributed by atoms with Crippen LogP contribution in [0.3, 0.4) is 0 Å². The predicted molar refractivity (Wildman–Crippen MR) is 84.9 cm³/mol. The Morgan fingerprint density at radius 2 is 2.17 bits per heavy atom. The summed E-state index contributed by atoms with van der Waals surface area (Å²) in [5.41, 5.74) is 1.76. The van der Waals surface area contributed by atoms with Crippen molar-refractivity contribution in [2.45, 2.75) is 44.5 Å². The van der Waals surface area contributed by atoms with Crippen LogP contribution in [0.25, 0.3) is 0 Å². The number of hydrogen-bond donors (Lipinski definition) is 0. The van der Waals surface area contributed by atoms with Gasteiger partial charge in [-0.05, 0) is 43.0 Å². The molecule has 2 unspecified atom stereocenters. The van der Waals surface area contributed by atoms with Crippen molar-refractivity contribution < 1.29 is 23.7 Å². The van der Waals surface area contributed by atoms with Gasteiger partial charge in [-0.3, -0.25) is 4.79 Å². The number of ether oxygens (including phenoxy) is 4. The van der Waals surface area contributed by atoms with E-state index in [9.17, 15) is 4.79 Å². The zero-order chi connectivity index (χ0) is 16.1. The Morgan fingerprint density at radius 3 is 2.96 bits per heavy atom. The number of carbonyl (C=O) groups is 1. The third kappa shape index (κ3) is 4.10. The molecular weight excluding hydrogens is 296 g/mol. The van der Waals surface area contributed by atoms with Crippen molar-refractivity contribution in [2.75, 3.05) is 26.9 Å². The van der Waals surface area contributed by atoms with E-state index in [1.54, 1.807) is 7.11 Å². The Morgan fingerprint density at radius 1 is 1.26 bits per heavy atom. The number of fused-ring (bicyclic) bond motifs is 1. The SMILES string of the molecule is COC1Cc2cc(OCCCOC3CCCCO3)ccc2C1=O. The zero-order valence-electron chi connectivity index (χ0n) is 13.6. The highest BCUT2D eigenvalue weighted by Crippen LogP contribution is 2.27. The Kier molecular flexibility index (Phi) is 5.65. The van der Waals surface area contributed by atoms with E-state index in [1.807, 2.05) is 18.2 Å². The van der Waals surface area contributed by atoms with Crippen LogP contribution < -0.4 is 4.74 Å². The molecule has 5 nitrogen and oxygen atoms in total. The third-order valence-corrected chi connectivity index (χ3v) is 4.32. The minimum atomic E-state index is -0.343. The minimum Gasteiger partial charge on any atom is -0.493 e. The Labute approximate surface area is 136 Å². The maximum absolute atomic E-state index is 12.0. The number of benzene rings is 1. The van der Waals surface area contributed by atoms with E-state index in [-0.39, 0.29) is 18.2 Å². The Hall–Kier alpha value is -1.43. The lowest BCUT2D eigenvalue weighted by Gasteiger charge is -2.22. The van der Waals surface area contributed by atoms with Gasteiger partial charge in [-0.1, -0.05) is 0 Å². The molecule has 0 radical (unpaired) electrons. The molecule has 1 heterocycles. The second-order valence-electron chi connectivity index (χ2n) is 5.98. The quantitative estimate of drug-likeness (QED) is 0.723. The largest absolute Gasteiger partial charge is 0.493 e. The molecular formula is C18H24O5. The van der Waals surface area contributed by atoms with E-state index in [1.165, 1.54) is 6.42 Å². The molecule has 5 heteroatoms. The van der Waals surface area contributed by atoms with Crippen LogP contribution in [-0.2, 0) is 20.6 Å². The average molecular weight is 320 g/mol. The summed E-state index contributed by atoms with van der Waals surface area (Å²) in [5, 5.41) is 0. The van der Waals surface area contributed by atoms with Gasteiger partial charge in [-0.25, -0.2) is 0 Å². The van der Waals surface area contributed by atoms with Crippen LogP contribution in [0.1, 0.15) is 41.6 Å². The highest BCUT2D eigenvalue weighted by atomic mass is 16.7. The molecule has 23 heavy (non-hydrogen) atoms. The Bertz CT molecular complexity index is 536. The molecule has 0 amide bonds. The highest BCUT2D eigenvalue weighted by Gasteiger charge is 2.30. The lowest BCUT2D eigenvalue weighted by Crippen LogP contribution is -2.23. The summed E-state index contributed by atoms with van der Waals surface area (Å²) in [6.45, 7) is 2.03. The first kappa shape index (κ1) is 16.4. The molecule has 1 aliphatic carbocycles. The van der Waals surface area contributed by atoms with Gasteiger partial charge in [0, 0.05) is 32.1 Å². The van der Waals surface area contributed by atoms with Crippen LogP contribution in [0.4, 0.5) is 0 Å². The fourth-order valence-corrected chi connectivity index (χ4v) is 3.03. The third-order valence-electron chi connectivity index (χ3n) is 4.32. The van der Waals surface area contributed by atoms with E-state index in [0.29, 0.717) is 19.6 Å². The van der Waals surface area contributed by atoms with Crippen LogP contribution in [0, 0.1) is 0 Å². The second-order valence-corrected chi connectivity index (χ2v) is 5.98. The number of rotatable bonds is 7. The molecule has 1 fully saturated rings. The highest BCUT2D eigenvalue weighted by molar-refractivity contribution is 6.04. The first-order chi connectivity index (χ1) is 11.3.